The van der Waals surface area contributed by atoms with Crippen LogP contribution < -0.4 is 11.2 Å². The fourth-order valence-electron chi connectivity index (χ4n) is 4.68. The van der Waals surface area contributed by atoms with Crippen molar-refractivity contribution in [2.24, 2.45) is 5.41 Å². The van der Waals surface area contributed by atoms with E-state index in [-0.39, 0.29) is 12.0 Å². The second-order valence-corrected chi connectivity index (χ2v) is 11.8. The normalized spacial score (nSPS) is 27.9. The lowest BCUT2D eigenvalue weighted by Crippen LogP contribution is -2.61. The Labute approximate surface area is 262 Å². The smallest absolute Gasteiger partial charge is 0.335 e. The van der Waals surface area contributed by atoms with E-state index in [2.05, 4.69) is 0 Å². The highest BCUT2D eigenvalue weighted by Crippen LogP contribution is 2.29. The monoisotopic (exact) mass is 660 g/mol. The molecule has 1 aromatic rings. The van der Waals surface area contributed by atoms with Crippen molar-refractivity contribution < 1.29 is 67.7 Å². The zero-order valence-corrected chi connectivity index (χ0v) is 26.3. The molecule has 46 heavy (non-hydrogen) atoms. The van der Waals surface area contributed by atoms with E-state index < -0.39 is 116 Å². The van der Waals surface area contributed by atoms with Crippen LogP contribution in [0.15, 0.2) is 15.8 Å². The summed E-state index contributed by atoms with van der Waals surface area (Å²) in [5, 5.41) is 30.8. The molecule has 0 radical (unpaired) electrons. The number of hydrogen-bond donors (Lipinski definition) is 3. The summed E-state index contributed by atoms with van der Waals surface area (Å²) >= 11 is 0. The maximum Gasteiger partial charge on any atom is 0.335 e. The molecule has 0 saturated carbocycles. The molecular weight excluding hydrogens is 620 g/mol. The number of ether oxygens (including phenoxy) is 7. The van der Waals surface area contributed by atoms with Gasteiger partial charge in [0.15, 0.2) is 25.2 Å². The highest BCUT2D eigenvalue weighted by Gasteiger charge is 2.50. The van der Waals surface area contributed by atoms with Crippen LogP contribution in [-0.2, 0) is 65.7 Å². The van der Waals surface area contributed by atoms with E-state index in [1.54, 1.807) is 20.8 Å². The van der Waals surface area contributed by atoms with E-state index >= 15 is 0 Å². The van der Waals surface area contributed by atoms with E-state index in [0.29, 0.717) is 4.57 Å². The molecule has 0 aromatic carbocycles. The van der Waals surface area contributed by atoms with Gasteiger partial charge in [-0.05, 0) is 20.8 Å². The molecule has 2 saturated heterocycles. The summed E-state index contributed by atoms with van der Waals surface area (Å²) in [5.74, 6) is -3.10. The Hall–Kier alpha value is -3.68. The van der Waals surface area contributed by atoms with Crippen molar-refractivity contribution in [1.29, 1.82) is 0 Å². The fourth-order valence-corrected chi connectivity index (χ4v) is 4.68. The first-order valence-electron chi connectivity index (χ1n) is 14.3. The van der Waals surface area contributed by atoms with Crippen LogP contribution in [0.5, 0.6) is 0 Å². The molecule has 1 aromatic heterocycles. The standard InChI is InChI=1S/C28H40N2O16/c1-13(32)40-11-19-22(43-14(2)33)23(44-15(3)34)21(36)25(46-19)41-10-16-8-29(20-7-17(35)18(9-31)45-20)27(39)30(24(16)37)12-42-26(38)28(4,5)6/h8,17-23,25,31,35-36H,7,9-12H2,1-6H3/t17-,18+,19+,20+,21+,22+,23+,25+/m0/s1. The van der Waals surface area contributed by atoms with Gasteiger partial charge in [0.25, 0.3) is 5.56 Å². The molecule has 18 heteroatoms. The van der Waals surface area contributed by atoms with Gasteiger partial charge in [-0.15, -0.1) is 0 Å². The molecule has 2 fully saturated rings. The number of hydrogen-bond acceptors (Lipinski definition) is 16. The molecular formula is C28H40N2O16. The number of nitrogens with zero attached hydrogens (tertiary/aromatic N) is 2. The van der Waals surface area contributed by atoms with Crippen molar-refractivity contribution in [3.8, 4) is 0 Å². The second kappa shape index (κ2) is 15.3. The van der Waals surface area contributed by atoms with Gasteiger partial charge in [0.1, 0.15) is 31.1 Å². The van der Waals surface area contributed by atoms with Crippen LogP contribution in [0.25, 0.3) is 0 Å². The third-order valence-electron chi connectivity index (χ3n) is 6.97. The maximum atomic E-state index is 13.4. The van der Waals surface area contributed by atoms with Crippen molar-refractivity contribution in [3.63, 3.8) is 0 Å². The Morgan fingerprint density at radius 1 is 0.935 bits per heavy atom. The third-order valence-corrected chi connectivity index (χ3v) is 6.97. The number of rotatable bonds is 11. The lowest BCUT2D eigenvalue weighted by Gasteiger charge is -2.42. The van der Waals surface area contributed by atoms with Crippen molar-refractivity contribution in [1.82, 2.24) is 9.13 Å². The first kappa shape index (κ1) is 36.8. The topological polar surface area (TPSA) is 238 Å². The number of aliphatic hydroxyl groups excluding tert-OH is 3. The van der Waals surface area contributed by atoms with E-state index in [0.717, 1.165) is 31.5 Å². The quantitative estimate of drug-likeness (QED) is 0.176. The van der Waals surface area contributed by atoms with Gasteiger partial charge in [-0.25, -0.2) is 9.36 Å². The predicted molar refractivity (Wildman–Crippen MR) is 149 cm³/mol. The summed E-state index contributed by atoms with van der Waals surface area (Å²) < 4.78 is 39.2. The number of esters is 4. The minimum Gasteiger partial charge on any atom is -0.463 e. The summed E-state index contributed by atoms with van der Waals surface area (Å²) in [6, 6.07) is 0. The molecule has 18 nitrogen and oxygen atoms in total. The van der Waals surface area contributed by atoms with Gasteiger partial charge in [-0.2, -0.15) is 0 Å². The summed E-state index contributed by atoms with van der Waals surface area (Å²) in [6.07, 6.45) is -10.0. The second-order valence-electron chi connectivity index (χ2n) is 11.8. The Morgan fingerprint density at radius 3 is 2.11 bits per heavy atom. The van der Waals surface area contributed by atoms with Crippen LogP contribution >= 0.6 is 0 Å². The Bertz CT molecular complexity index is 1400. The number of carbonyl (C=O) groups is 4. The zero-order valence-electron chi connectivity index (χ0n) is 26.3. The highest BCUT2D eigenvalue weighted by molar-refractivity contribution is 5.75. The van der Waals surface area contributed by atoms with Crippen LogP contribution in [0.2, 0.25) is 0 Å². The average Bonchev–Trinajstić information content (AvgIpc) is 3.33. The molecule has 0 aliphatic carbocycles. The summed E-state index contributed by atoms with van der Waals surface area (Å²) in [5.41, 5.74) is -3.09. The molecule has 2 aliphatic rings. The number of aromatic nitrogens is 2. The van der Waals surface area contributed by atoms with Gasteiger partial charge < -0.3 is 48.5 Å². The minimum atomic E-state index is -1.79. The molecule has 0 bridgehead atoms. The first-order chi connectivity index (χ1) is 21.4. The van der Waals surface area contributed by atoms with Crippen LogP contribution in [0.4, 0.5) is 0 Å². The molecule has 3 rings (SSSR count). The van der Waals surface area contributed by atoms with Crippen molar-refractivity contribution in [3.05, 3.63) is 32.6 Å². The van der Waals surface area contributed by atoms with E-state index in [4.69, 9.17) is 33.2 Å². The Morgan fingerprint density at radius 2 is 1.57 bits per heavy atom. The minimum absolute atomic E-state index is 0.130. The molecule has 3 heterocycles. The van der Waals surface area contributed by atoms with Crippen LogP contribution in [0.1, 0.15) is 59.8 Å². The highest BCUT2D eigenvalue weighted by atomic mass is 16.7. The molecule has 0 unspecified atom stereocenters. The summed E-state index contributed by atoms with van der Waals surface area (Å²) in [6.45, 7) is 5.46. The number of aliphatic hydroxyl groups is 3. The fraction of sp³-hybridized carbons (Fsp3) is 0.714. The summed E-state index contributed by atoms with van der Waals surface area (Å²) in [7, 11) is 0. The molecule has 258 valence electrons. The predicted octanol–water partition coefficient (Wildman–Crippen LogP) is -1.77. The van der Waals surface area contributed by atoms with Crippen molar-refractivity contribution >= 4 is 23.9 Å². The first-order valence-corrected chi connectivity index (χ1v) is 14.3. The lowest BCUT2D eigenvalue weighted by molar-refractivity contribution is -0.308. The van der Waals surface area contributed by atoms with Crippen molar-refractivity contribution in [2.45, 2.75) is 110 Å². The largest absolute Gasteiger partial charge is 0.463 e. The molecule has 0 amide bonds. The molecule has 2 aliphatic heterocycles. The van der Waals surface area contributed by atoms with Gasteiger partial charge in [-0.3, -0.25) is 28.5 Å². The van der Waals surface area contributed by atoms with Gasteiger partial charge in [0.05, 0.1) is 30.3 Å². The van der Waals surface area contributed by atoms with Crippen LogP contribution in [-0.4, -0.2) is 104 Å². The number of carbonyl (C=O) groups excluding carboxylic acids is 4. The lowest BCUT2D eigenvalue weighted by atomic mass is 9.98. The Kier molecular flexibility index (Phi) is 12.2. The van der Waals surface area contributed by atoms with E-state index in [1.165, 1.54) is 0 Å². The molecule has 3 N–H and O–H groups in total. The van der Waals surface area contributed by atoms with E-state index in [1.807, 2.05) is 0 Å². The third kappa shape index (κ3) is 8.98. The van der Waals surface area contributed by atoms with Crippen LogP contribution in [0, 0.1) is 5.41 Å². The van der Waals surface area contributed by atoms with Gasteiger partial charge in [-0.1, -0.05) is 0 Å². The van der Waals surface area contributed by atoms with Crippen LogP contribution in [0.3, 0.4) is 0 Å². The Balaban J connectivity index is 1.97. The van der Waals surface area contributed by atoms with Gasteiger partial charge in [0, 0.05) is 33.4 Å². The van der Waals surface area contributed by atoms with Gasteiger partial charge in [0.2, 0.25) is 0 Å². The zero-order chi connectivity index (χ0) is 34.5. The average molecular weight is 661 g/mol. The van der Waals surface area contributed by atoms with Gasteiger partial charge >= 0.3 is 29.6 Å². The maximum absolute atomic E-state index is 13.4. The van der Waals surface area contributed by atoms with Crippen molar-refractivity contribution in [2.75, 3.05) is 13.2 Å². The molecule has 8 atom stereocenters. The van der Waals surface area contributed by atoms with E-state index in [9.17, 15) is 44.1 Å². The summed E-state index contributed by atoms with van der Waals surface area (Å²) in [4.78, 5) is 74.4. The molecule has 0 spiro atoms. The SMILES string of the molecule is CC(=O)OC[C@H]1O[C@@H](OCc2cn([C@H]3C[C@H](O)[C@@H](CO)O3)c(=O)n(COC(=O)C(C)(C)C)c2=O)[C@H](O)[C@@H](OC(C)=O)[C@@H]1OC(C)=O.